The van der Waals surface area contributed by atoms with E-state index in [1.165, 1.54) is 0 Å². The lowest BCUT2D eigenvalue weighted by Crippen LogP contribution is -2.29. The van der Waals surface area contributed by atoms with Crippen molar-refractivity contribution >= 4 is 35.0 Å². The fourth-order valence-corrected chi connectivity index (χ4v) is 4.22. The van der Waals surface area contributed by atoms with E-state index in [-0.39, 0.29) is 17.2 Å². The van der Waals surface area contributed by atoms with Crippen LogP contribution >= 0.6 is 11.8 Å². The molecule has 0 bridgehead atoms. The minimum absolute atomic E-state index is 0.00622. The summed E-state index contributed by atoms with van der Waals surface area (Å²) in [5.41, 5.74) is 3.74. The number of para-hydroxylation sites is 2. The lowest BCUT2D eigenvalue weighted by atomic mass is 10.1. The average Bonchev–Trinajstić information content (AvgIpc) is 2.97. The van der Waals surface area contributed by atoms with Crippen LogP contribution in [-0.4, -0.2) is 17.6 Å². The molecule has 25 heavy (non-hydrogen) atoms. The van der Waals surface area contributed by atoms with Gasteiger partial charge < -0.3 is 5.32 Å². The van der Waals surface area contributed by atoms with Crippen LogP contribution in [0.1, 0.15) is 36.3 Å². The van der Waals surface area contributed by atoms with Crippen LogP contribution in [0.15, 0.2) is 48.5 Å². The second-order valence-corrected chi connectivity index (χ2v) is 7.17. The molecule has 2 aromatic rings. The molecule has 1 fully saturated rings. The van der Waals surface area contributed by atoms with Crippen molar-refractivity contribution in [3.05, 3.63) is 59.7 Å². The number of hydrogen-bond donors (Lipinski definition) is 1. The smallest absolute Gasteiger partial charge is 0.238 e. The molecule has 5 heteroatoms. The number of benzene rings is 2. The van der Waals surface area contributed by atoms with Gasteiger partial charge in [0.05, 0.1) is 5.75 Å². The Balaban J connectivity index is 1.97. The molecule has 0 spiro atoms. The summed E-state index contributed by atoms with van der Waals surface area (Å²) < 4.78 is 0. The third kappa shape index (κ3) is 3.71. The number of nitrogens with one attached hydrogen (secondary N) is 1. The first-order chi connectivity index (χ1) is 12.1. The molecule has 0 radical (unpaired) electrons. The summed E-state index contributed by atoms with van der Waals surface area (Å²) in [6, 6.07) is 15.7. The van der Waals surface area contributed by atoms with Gasteiger partial charge in [-0.15, -0.1) is 11.8 Å². The van der Waals surface area contributed by atoms with Crippen LogP contribution in [0, 0.1) is 6.92 Å². The molecular formula is C20H22N2O2S. The van der Waals surface area contributed by atoms with Gasteiger partial charge in [0.25, 0.3) is 0 Å². The molecule has 3 rings (SSSR count). The van der Waals surface area contributed by atoms with Crippen LogP contribution in [-0.2, 0) is 9.59 Å². The molecule has 1 saturated heterocycles. The summed E-state index contributed by atoms with van der Waals surface area (Å²) in [5, 5.41) is 2.87. The highest BCUT2D eigenvalue weighted by Gasteiger charge is 2.35. The highest BCUT2D eigenvalue weighted by Crippen LogP contribution is 2.44. The van der Waals surface area contributed by atoms with Crippen LogP contribution in [0.2, 0.25) is 0 Å². The first kappa shape index (κ1) is 17.5. The molecule has 0 aromatic heterocycles. The molecule has 4 nitrogen and oxygen atoms in total. The molecule has 1 aliphatic heterocycles. The van der Waals surface area contributed by atoms with E-state index in [0.29, 0.717) is 12.2 Å². The van der Waals surface area contributed by atoms with Crippen molar-refractivity contribution in [1.29, 1.82) is 0 Å². The van der Waals surface area contributed by atoms with Gasteiger partial charge in [-0.1, -0.05) is 43.3 Å². The third-order valence-corrected chi connectivity index (χ3v) is 5.41. The van der Waals surface area contributed by atoms with E-state index < -0.39 is 0 Å². The van der Waals surface area contributed by atoms with Crippen LogP contribution < -0.4 is 10.2 Å². The fraction of sp³-hybridized carbons (Fsp3) is 0.300. The Morgan fingerprint density at radius 1 is 1.20 bits per heavy atom. The normalized spacial score (nSPS) is 17.0. The first-order valence-corrected chi connectivity index (χ1v) is 9.54. The number of amides is 2. The largest absolute Gasteiger partial charge is 0.326 e. The third-order valence-electron chi connectivity index (χ3n) is 4.22. The number of carbonyl (C=O) groups excluding carboxylic acids is 2. The van der Waals surface area contributed by atoms with Gasteiger partial charge in [-0.05, 0) is 31.0 Å². The van der Waals surface area contributed by atoms with Crippen molar-refractivity contribution < 1.29 is 9.59 Å². The zero-order valence-corrected chi connectivity index (χ0v) is 15.3. The SMILES string of the molecule is CCCC(=O)Nc1ccccc1C1SCC(=O)N1c1ccccc1C. The van der Waals surface area contributed by atoms with Crippen molar-refractivity contribution in [2.45, 2.75) is 32.1 Å². The molecule has 130 valence electrons. The Morgan fingerprint density at radius 2 is 1.92 bits per heavy atom. The Kier molecular flexibility index (Phi) is 5.43. The predicted molar refractivity (Wildman–Crippen MR) is 104 cm³/mol. The van der Waals surface area contributed by atoms with Crippen molar-refractivity contribution in [1.82, 2.24) is 0 Å². The van der Waals surface area contributed by atoms with Gasteiger partial charge in [-0.3, -0.25) is 14.5 Å². The van der Waals surface area contributed by atoms with E-state index in [2.05, 4.69) is 5.32 Å². The number of aryl methyl sites for hydroxylation is 1. The molecule has 1 N–H and O–H groups in total. The standard InChI is InChI=1S/C20H22N2O2S/c1-3-8-18(23)21-16-11-6-5-10-15(16)20-22(19(24)13-25-20)17-12-7-4-9-14(17)2/h4-7,9-12,20H,3,8,13H2,1-2H3,(H,21,23). The maximum absolute atomic E-state index is 12.6. The molecule has 1 atom stereocenters. The van der Waals surface area contributed by atoms with E-state index in [1.807, 2.05) is 67.3 Å². The molecular weight excluding hydrogens is 332 g/mol. The number of nitrogens with zero attached hydrogens (tertiary/aromatic N) is 1. The van der Waals surface area contributed by atoms with E-state index in [1.54, 1.807) is 11.8 Å². The van der Waals surface area contributed by atoms with Gasteiger partial charge in [0, 0.05) is 23.4 Å². The summed E-state index contributed by atoms with van der Waals surface area (Å²) >= 11 is 1.59. The van der Waals surface area contributed by atoms with Crippen molar-refractivity contribution in [2.75, 3.05) is 16.0 Å². The van der Waals surface area contributed by atoms with E-state index in [4.69, 9.17) is 0 Å². The summed E-state index contributed by atoms with van der Waals surface area (Å²) in [4.78, 5) is 26.5. The van der Waals surface area contributed by atoms with Gasteiger partial charge in [0.1, 0.15) is 5.37 Å². The Morgan fingerprint density at radius 3 is 2.68 bits per heavy atom. The summed E-state index contributed by atoms with van der Waals surface area (Å²) in [6.45, 7) is 3.99. The van der Waals surface area contributed by atoms with Crippen LogP contribution in [0.25, 0.3) is 0 Å². The molecule has 1 aliphatic rings. The first-order valence-electron chi connectivity index (χ1n) is 8.50. The second-order valence-electron chi connectivity index (χ2n) is 6.10. The second kappa shape index (κ2) is 7.74. The number of carbonyl (C=O) groups is 2. The fourth-order valence-electron chi connectivity index (χ4n) is 3.01. The zero-order valence-electron chi connectivity index (χ0n) is 14.5. The van der Waals surface area contributed by atoms with E-state index in [0.717, 1.165) is 28.9 Å². The lowest BCUT2D eigenvalue weighted by Gasteiger charge is -2.27. The molecule has 0 aliphatic carbocycles. The maximum atomic E-state index is 12.6. The Bertz CT molecular complexity index is 791. The monoisotopic (exact) mass is 354 g/mol. The van der Waals surface area contributed by atoms with Crippen molar-refractivity contribution in [3.63, 3.8) is 0 Å². The van der Waals surface area contributed by atoms with E-state index >= 15 is 0 Å². The van der Waals surface area contributed by atoms with Crippen LogP contribution in [0.3, 0.4) is 0 Å². The number of anilines is 2. The minimum Gasteiger partial charge on any atom is -0.326 e. The van der Waals surface area contributed by atoms with Crippen molar-refractivity contribution in [2.24, 2.45) is 0 Å². The zero-order chi connectivity index (χ0) is 17.8. The molecule has 2 aromatic carbocycles. The predicted octanol–water partition coefficient (Wildman–Crippen LogP) is 4.51. The van der Waals surface area contributed by atoms with Gasteiger partial charge in [0.15, 0.2) is 0 Å². The quantitative estimate of drug-likeness (QED) is 0.859. The topological polar surface area (TPSA) is 49.4 Å². The number of thioether (sulfide) groups is 1. The molecule has 1 unspecified atom stereocenters. The van der Waals surface area contributed by atoms with Gasteiger partial charge in [0.2, 0.25) is 11.8 Å². The summed E-state index contributed by atoms with van der Waals surface area (Å²) in [6.07, 6.45) is 1.30. The summed E-state index contributed by atoms with van der Waals surface area (Å²) in [5.74, 6) is 0.543. The summed E-state index contributed by atoms with van der Waals surface area (Å²) in [7, 11) is 0. The number of hydrogen-bond acceptors (Lipinski definition) is 3. The average molecular weight is 354 g/mol. The lowest BCUT2D eigenvalue weighted by molar-refractivity contribution is -0.116. The Labute approximate surface area is 152 Å². The van der Waals surface area contributed by atoms with Gasteiger partial charge in [-0.2, -0.15) is 0 Å². The maximum Gasteiger partial charge on any atom is 0.238 e. The van der Waals surface area contributed by atoms with Crippen molar-refractivity contribution in [3.8, 4) is 0 Å². The number of rotatable bonds is 5. The Hall–Kier alpha value is -2.27. The van der Waals surface area contributed by atoms with Crippen LogP contribution in [0.4, 0.5) is 11.4 Å². The van der Waals surface area contributed by atoms with Crippen LogP contribution in [0.5, 0.6) is 0 Å². The van der Waals surface area contributed by atoms with E-state index in [9.17, 15) is 9.59 Å². The van der Waals surface area contributed by atoms with Gasteiger partial charge >= 0.3 is 0 Å². The molecule has 2 amide bonds. The minimum atomic E-state index is -0.133. The highest BCUT2D eigenvalue weighted by molar-refractivity contribution is 8.00. The molecule has 0 saturated carbocycles. The molecule has 1 heterocycles. The van der Waals surface area contributed by atoms with Gasteiger partial charge in [-0.25, -0.2) is 0 Å². The highest BCUT2D eigenvalue weighted by atomic mass is 32.2.